The highest BCUT2D eigenvalue weighted by Gasteiger charge is 2.16. The molecule has 1 saturated carbocycles. The summed E-state index contributed by atoms with van der Waals surface area (Å²) in [7, 11) is 0. The summed E-state index contributed by atoms with van der Waals surface area (Å²) < 4.78 is 0. The summed E-state index contributed by atoms with van der Waals surface area (Å²) in [6.07, 6.45) is 5.21. The Morgan fingerprint density at radius 1 is 1.30 bits per heavy atom. The molecule has 0 atom stereocenters. The van der Waals surface area contributed by atoms with Crippen LogP contribution in [0.5, 0.6) is 0 Å². The molecule has 1 fully saturated rings. The van der Waals surface area contributed by atoms with Gasteiger partial charge in [-0.1, -0.05) is 6.92 Å². The van der Waals surface area contributed by atoms with E-state index in [1.54, 1.807) is 0 Å². The molecule has 2 heteroatoms. The minimum Gasteiger partial charge on any atom is -0.308 e. The molecule has 0 spiro atoms. The first kappa shape index (κ1) is 7.58. The van der Waals surface area contributed by atoms with Crippen LogP contribution in [0.15, 0.2) is 5.10 Å². The lowest BCUT2D eigenvalue weighted by Crippen LogP contribution is -2.28. The van der Waals surface area contributed by atoms with E-state index in [4.69, 9.17) is 0 Å². The van der Waals surface area contributed by atoms with Crippen molar-refractivity contribution in [2.24, 2.45) is 11.0 Å². The number of hydrogen-bond acceptors (Lipinski definition) is 2. The molecule has 0 aromatic rings. The molecule has 58 valence electrons. The Labute approximate surface area is 62.7 Å². The zero-order valence-corrected chi connectivity index (χ0v) is 6.64. The van der Waals surface area contributed by atoms with Gasteiger partial charge in [0.05, 0.1) is 0 Å². The van der Waals surface area contributed by atoms with Crippen LogP contribution in [0.3, 0.4) is 0 Å². The topological polar surface area (TPSA) is 24.4 Å². The SMILES string of the molecule is C=NNC1CCC(C)CC1. The second kappa shape index (κ2) is 3.59. The van der Waals surface area contributed by atoms with Crippen LogP contribution >= 0.6 is 0 Å². The van der Waals surface area contributed by atoms with Gasteiger partial charge in [-0.15, -0.1) is 0 Å². The normalized spacial score (nSPS) is 33.3. The van der Waals surface area contributed by atoms with E-state index in [1.807, 2.05) is 0 Å². The van der Waals surface area contributed by atoms with Crippen LogP contribution < -0.4 is 5.43 Å². The van der Waals surface area contributed by atoms with Crippen LogP contribution in [0.2, 0.25) is 0 Å². The van der Waals surface area contributed by atoms with Gasteiger partial charge in [0.1, 0.15) is 0 Å². The molecular formula is C8H16N2. The monoisotopic (exact) mass is 140 g/mol. The van der Waals surface area contributed by atoms with Crippen LogP contribution in [-0.4, -0.2) is 12.8 Å². The summed E-state index contributed by atoms with van der Waals surface area (Å²) in [5.74, 6) is 0.919. The van der Waals surface area contributed by atoms with E-state index in [0.29, 0.717) is 6.04 Å². The third kappa shape index (κ3) is 2.01. The van der Waals surface area contributed by atoms with Gasteiger partial charge in [0, 0.05) is 12.8 Å². The van der Waals surface area contributed by atoms with Crippen molar-refractivity contribution in [1.82, 2.24) is 5.43 Å². The molecule has 1 aliphatic carbocycles. The fourth-order valence-corrected chi connectivity index (χ4v) is 1.52. The van der Waals surface area contributed by atoms with E-state index in [1.165, 1.54) is 25.7 Å². The zero-order valence-electron chi connectivity index (χ0n) is 6.64. The van der Waals surface area contributed by atoms with E-state index in [9.17, 15) is 0 Å². The minimum atomic E-state index is 0.605. The predicted molar refractivity (Wildman–Crippen MR) is 44.1 cm³/mol. The first-order valence-corrected chi connectivity index (χ1v) is 4.04. The van der Waals surface area contributed by atoms with E-state index >= 15 is 0 Å². The number of nitrogens with one attached hydrogen (secondary N) is 1. The molecular weight excluding hydrogens is 124 g/mol. The lowest BCUT2D eigenvalue weighted by molar-refractivity contribution is 0.312. The van der Waals surface area contributed by atoms with Gasteiger partial charge in [-0.25, -0.2) is 0 Å². The Hall–Kier alpha value is -0.530. The molecule has 1 rings (SSSR count). The molecule has 0 heterocycles. The van der Waals surface area contributed by atoms with Crippen molar-refractivity contribution in [3.63, 3.8) is 0 Å². The second-order valence-electron chi connectivity index (χ2n) is 3.24. The van der Waals surface area contributed by atoms with Gasteiger partial charge in [-0.2, -0.15) is 5.10 Å². The molecule has 0 amide bonds. The van der Waals surface area contributed by atoms with Crippen molar-refractivity contribution in [3.05, 3.63) is 0 Å². The second-order valence-corrected chi connectivity index (χ2v) is 3.24. The van der Waals surface area contributed by atoms with Crippen molar-refractivity contribution in [1.29, 1.82) is 0 Å². The first-order chi connectivity index (χ1) is 4.83. The van der Waals surface area contributed by atoms with Crippen LogP contribution in [-0.2, 0) is 0 Å². The third-order valence-corrected chi connectivity index (χ3v) is 2.29. The van der Waals surface area contributed by atoms with Crippen molar-refractivity contribution in [2.45, 2.75) is 38.6 Å². The van der Waals surface area contributed by atoms with Gasteiger partial charge in [0.15, 0.2) is 0 Å². The summed E-state index contributed by atoms with van der Waals surface area (Å²) in [5.41, 5.74) is 3.02. The maximum absolute atomic E-state index is 3.68. The van der Waals surface area contributed by atoms with Crippen LogP contribution in [0.25, 0.3) is 0 Å². The van der Waals surface area contributed by atoms with E-state index in [0.717, 1.165) is 5.92 Å². The van der Waals surface area contributed by atoms with Crippen molar-refractivity contribution in [3.8, 4) is 0 Å². The molecule has 0 aromatic carbocycles. The van der Waals surface area contributed by atoms with E-state index in [2.05, 4.69) is 24.2 Å². The number of nitrogens with zero attached hydrogens (tertiary/aromatic N) is 1. The molecule has 1 N–H and O–H groups in total. The number of hydrazone groups is 1. The summed E-state index contributed by atoms with van der Waals surface area (Å²) in [4.78, 5) is 0. The van der Waals surface area contributed by atoms with Gasteiger partial charge >= 0.3 is 0 Å². The Morgan fingerprint density at radius 3 is 2.40 bits per heavy atom. The van der Waals surface area contributed by atoms with Gasteiger partial charge in [0.2, 0.25) is 0 Å². The molecule has 1 aliphatic rings. The smallest absolute Gasteiger partial charge is 0.0440 e. The Bertz CT molecular complexity index is 104. The van der Waals surface area contributed by atoms with Crippen molar-refractivity contribution in [2.75, 3.05) is 0 Å². The highest BCUT2D eigenvalue weighted by Crippen LogP contribution is 2.23. The van der Waals surface area contributed by atoms with Gasteiger partial charge < -0.3 is 5.43 Å². The quantitative estimate of drug-likeness (QED) is 0.459. The lowest BCUT2D eigenvalue weighted by Gasteiger charge is -2.25. The zero-order chi connectivity index (χ0) is 7.40. The maximum Gasteiger partial charge on any atom is 0.0440 e. The largest absolute Gasteiger partial charge is 0.308 e. The molecule has 0 aromatic heterocycles. The maximum atomic E-state index is 3.68. The molecule has 10 heavy (non-hydrogen) atoms. The van der Waals surface area contributed by atoms with Crippen LogP contribution in [0.1, 0.15) is 32.6 Å². The Morgan fingerprint density at radius 2 is 1.90 bits per heavy atom. The van der Waals surface area contributed by atoms with Crippen LogP contribution in [0, 0.1) is 5.92 Å². The highest BCUT2D eigenvalue weighted by atomic mass is 15.3. The summed E-state index contributed by atoms with van der Waals surface area (Å²) in [6.45, 7) is 5.73. The summed E-state index contributed by atoms with van der Waals surface area (Å²) >= 11 is 0. The van der Waals surface area contributed by atoms with Crippen LogP contribution in [0.4, 0.5) is 0 Å². The average molecular weight is 140 g/mol. The molecule has 0 aliphatic heterocycles. The fraction of sp³-hybridized carbons (Fsp3) is 0.875. The molecule has 0 unspecified atom stereocenters. The third-order valence-electron chi connectivity index (χ3n) is 2.29. The van der Waals surface area contributed by atoms with Crippen molar-refractivity contribution < 1.29 is 0 Å². The average Bonchev–Trinajstić information content (AvgIpc) is 1.95. The van der Waals surface area contributed by atoms with E-state index < -0.39 is 0 Å². The molecule has 0 saturated heterocycles. The number of rotatable bonds is 2. The van der Waals surface area contributed by atoms with Gasteiger partial charge in [-0.05, 0) is 31.6 Å². The lowest BCUT2D eigenvalue weighted by atomic mass is 9.88. The minimum absolute atomic E-state index is 0.605. The molecule has 2 nitrogen and oxygen atoms in total. The standard InChI is InChI=1S/C8H16N2/c1-7-3-5-8(6-4-7)10-9-2/h7-8,10H,2-6H2,1H3. The fourth-order valence-electron chi connectivity index (χ4n) is 1.52. The summed E-state index contributed by atoms with van der Waals surface area (Å²) in [5, 5.41) is 3.68. The van der Waals surface area contributed by atoms with E-state index in [-0.39, 0.29) is 0 Å². The summed E-state index contributed by atoms with van der Waals surface area (Å²) in [6, 6.07) is 0.605. The Kier molecular flexibility index (Phi) is 2.72. The van der Waals surface area contributed by atoms with Gasteiger partial charge in [-0.3, -0.25) is 0 Å². The predicted octanol–water partition coefficient (Wildman–Crippen LogP) is 1.77. The highest BCUT2D eigenvalue weighted by molar-refractivity contribution is 5.22. The van der Waals surface area contributed by atoms with Gasteiger partial charge in [0.25, 0.3) is 0 Å². The number of hydrogen-bond donors (Lipinski definition) is 1. The Balaban J connectivity index is 2.19. The molecule has 0 bridgehead atoms. The van der Waals surface area contributed by atoms with Crippen molar-refractivity contribution >= 4 is 6.72 Å². The molecule has 0 radical (unpaired) electrons. The first-order valence-electron chi connectivity index (χ1n) is 4.04.